The van der Waals surface area contributed by atoms with E-state index in [1.165, 1.54) is 51.7 Å². The van der Waals surface area contributed by atoms with Gasteiger partial charge < -0.3 is 10.2 Å². The van der Waals surface area contributed by atoms with Crippen LogP contribution in [0.25, 0.3) is 0 Å². The summed E-state index contributed by atoms with van der Waals surface area (Å²) in [4.78, 5) is 2.74. The zero-order valence-corrected chi connectivity index (χ0v) is 11.9. The lowest BCUT2D eigenvalue weighted by Crippen LogP contribution is -2.47. The van der Waals surface area contributed by atoms with Crippen molar-refractivity contribution in [3.63, 3.8) is 0 Å². The van der Waals surface area contributed by atoms with Crippen LogP contribution in [0.3, 0.4) is 0 Å². The van der Waals surface area contributed by atoms with Crippen LogP contribution in [0.1, 0.15) is 46.0 Å². The Morgan fingerprint density at radius 1 is 1.06 bits per heavy atom. The first kappa shape index (κ1) is 13.4. The van der Waals surface area contributed by atoms with Gasteiger partial charge in [0.2, 0.25) is 0 Å². The molecule has 0 aromatic carbocycles. The van der Waals surface area contributed by atoms with Crippen LogP contribution in [-0.2, 0) is 0 Å². The Morgan fingerprint density at radius 3 is 2.35 bits per heavy atom. The fraction of sp³-hybridized carbons (Fsp3) is 1.00. The van der Waals surface area contributed by atoms with E-state index < -0.39 is 0 Å². The van der Waals surface area contributed by atoms with Gasteiger partial charge in [-0.25, -0.2) is 0 Å². The van der Waals surface area contributed by atoms with Crippen molar-refractivity contribution in [2.75, 3.05) is 26.7 Å². The maximum absolute atomic E-state index is 3.54. The Balaban J connectivity index is 1.85. The first-order chi connectivity index (χ1) is 8.19. The molecule has 0 spiro atoms. The van der Waals surface area contributed by atoms with Crippen molar-refractivity contribution < 1.29 is 0 Å². The number of rotatable bonds is 3. The van der Waals surface area contributed by atoms with Gasteiger partial charge >= 0.3 is 0 Å². The number of likely N-dealkylation sites (tertiary alicyclic amines) is 1. The standard InChI is InChI=1S/C15H30N2/c1-12-8-13(2)10-17(9-12)11-14-6-4-5-7-15(14)16-3/h12-16H,4-11H2,1-3H3. The maximum atomic E-state index is 3.54. The summed E-state index contributed by atoms with van der Waals surface area (Å²) in [5, 5.41) is 3.54. The van der Waals surface area contributed by atoms with E-state index in [2.05, 4.69) is 31.1 Å². The molecule has 0 amide bonds. The first-order valence-electron chi connectivity index (χ1n) is 7.58. The maximum Gasteiger partial charge on any atom is 0.0104 e. The Morgan fingerprint density at radius 2 is 1.71 bits per heavy atom. The van der Waals surface area contributed by atoms with Crippen LogP contribution in [0.4, 0.5) is 0 Å². The number of nitrogens with zero attached hydrogens (tertiary/aromatic N) is 1. The van der Waals surface area contributed by atoms with E-state index in [-0.39, 0.29) is 0 Å². The highest BCUT2D eigenvalue weighted by Crippen LogP contribution is 2.28. The molecule has 2 fully saturated rings. The molecule has 2 nitrogen and oxygen atoms in total. The molecule has 17 heavy (non-hydrogen) atoms. The van der Waals surface area contributed by atoms with E-state index in [4.69, 9.17) is 0 Å². The van der Waals surface area contributed by atoms with Gasteiger partial charge in [-0.2, -0.15) is 0 Å². The average Bonchev–Trinajstić information content (AvgIpc) is 2.28. The van der Waals surface area contributed by atoms with Crippen LogP contribution in [-0.4, -0.2) is 37.6 Å². The quantitative estimate of drug-likeness (QED) is 0.813. The van der Waals surface area contributed by atoms with Crippen LogP contribution < -0.4 is 5.32 Å². The predicted octanol–water partition coefficient (Wildman–Crippen LogP) is 2.74. The lowest BCUT2D eigenvalue weighted by molar-refractivity contribution is 0.101. The van der Waals surface area contributed by atoms with E-state index in [1.54, 1.807) is 0 Å². The van der Waals surface area contributed by atoms with E-state index in [9.17, 15) is 0 Å². The molecule has 0 aromatic rings. The molecule has 1 aliphatic heterocycles. The number of hydrogen-bond donors (Lipinski definition) is 1. The fourth-order valence-electron chi connectivity index (χ4n) is 4.08. The topological polar surface area (TPSA) is 15.3 Å². The molecule has 100 valence electrons. The molecule has 0 aromatic heterocycles. The minimum absolute atomic E-state index is 0.774. The second kappa shape index (κ2) is 6.19. The third-order valence-electron chi connectivity index (χ3n) is 4.72. The van der Waals surface area contributed by atoms with Crippen molar-refractivity contribution in [1.29, 1.82) is 0 Å². The summed E-state index contributed by atoms with van der Waals surface area (Å²) in [6.07, 6.45) is 7.12. The van der Waals surface area contributed by atoms with Crippen LogP contribution in [0.15, 0.2) is 0 Å². The van der Waals surface area contributed by atoms with Crippen LogP contribution >= 0.6 is 0 Å². The lowest BCUT2D eigenvalue weighted by Gasteiger charge is -2.40. The summed E-state index contributed by atoms with van der Waals surface area (Å²) in [5.74, 6) is 2.69. The highest BCUT2D eigenvalue weighted by molar-refractivity contribution is 4.84. The third kappa shape index (κ3) is 3.69. The van der Waals surface area contributed by atoms with Gasteiger partial charge in [-0.3, -0.25) is 0 Å². The Kier molecular flexibility index (Phi) is 4.87. The predicted molar refractivity (Wildman–Crippen MR) is 74.2 cm³/mol. The zero-order valence-electron chi connectivity index (χ0n) is 11.9. The van der Waals surface area contributed by atoms with Gasteiger partial charge in [0.05, 0.1) is 0 Å². The molecule has 1 N–H and O–H groups in total. The largest absolute Gasteiger partial charge is 0.317 e. The highest BCUT2D eigenvalue weighted by atomic mass is 15.1. The van der Waals surface area contributed by atoms with E-state index >= 15 is 0 Å². The van der Waals surface area contributed by atoms with Crippen molar-refractivity contribution in [2.24, 2.45) is 17.8 Å². The van der Waals surface area contributed by atoms with Crippen LogP contribution in [0.5, 0.6) is 0 Å². The molecular weight excluding hydrogens is 208 g/mol. The number of piperidine rings is 1. The molecule has 2 heteroatoms. The van der Waals surface area contributed by atoms with Crippen molar-refractivity contribution >= 4 is 0 Å². The summed E-state index contributed by atoms with van der Waals surface area (Å²) in [6.45, 7) is 8.83. The van der Waals surface area contributed by atoms with Gasteiger partial charge in [0, 0.05) is 25.7 Å². The van der Waals surface area contributed by atoms with Crippen molar-refractivity contribution in [3.05, 3.63) is 0 Å². The van der Waals surface area contributed by atoms with Crippen LogP contribution in [0.2, 0.25) is 0 Å². The average molecular weight is 238 g/mol. The SMILES string of the molecule is CNC1CCCCC1CN1CC(C)CC(C)C1. The summed E-state index contributed by atoms with van der Waals surface area (Å²) >= 11 is 0. The van der Waals surface area contributed by atoms with Crippen molar-refractivity contribution in [1.82, 2.24) is 10.2 Å². The second-order valence-electron chi connectivity index (χ2n) is 6.60. The molecule has 1 saturated carbocycles. The zero-order chi connectivity index (χ0) is 12.3. The van der Waals surface area contributed by atoms with Gasteiger partial charge in [0.1, 0.15) is 0 Å². The van der Waals surface area contributed by atoms with Gasteiger partial charge in [0.15, 0.2) is 0 Å². The molecule has 1 saturated heterocycles. The molecule has 0 bridgehead atoms. The number of nitrogens with one attached hydrogen (secondary N) is 1. The van der Waals surface area contributed by atoms with Crippen LogP contribution in [0, 0.1) is 17.8 Å². The summed E-state index contributed by atoms with van der Waals surface area (Å²) in [7, 11) is 2.14. The van der Waals surface area contributed by atoms with Crippen molar-refractivity contribution in [2.45, 2.75) is 52.0 Å². The molecule has 2 aliphatic rings. The minimum Gasteiger partial charge on any atom is -0.317 e. The van der Waals surface area contributed by atoms with E-state index in [0.29, 0.717) is 0 Å². The van der Waals surface area contributed by atoms with Gasteiger partial charge in [-0.05, 0) is 44.1 Å². The van der Waals surface area contributed by atoms with E-state index in [0.717, 1.165) is 23.8 Å². The fourth-order valence-corrected chi connectivity index (χ4v) is 4.08. The Bertz CT molecular complexity index is 219. The van der Waals surface area contributed by atoms with Crippen molar-refractivity contribution in [3.8, 4) is 0 Å². The third-order valence-corrected chi connectivity index (χ3v) is 4.72. The van der Waals surface area contributed by atoms with Gasteiger partial charge in [-0.15, -0.1) is 0 Å². The van der Waals surface area contributed by atoms with Gasteiger partial charge in [-0.1, -0.05) is 26.7 Å². The summed E-state index contributed by atoms with van der Waals surface area (Å²) < 4.78 is 0. The molecule has 4 unspecified atom stereocenters. The second-order valence-corrected chi connectivity index (χ2v) is 6.60. The summed E-state index contributed by atoms with van der Waals surface area (Å²) in [6, 6.07) is 0.774. The Labute approximate surface area is 107 Å². The molecule has 4 atom stereocenters. The normalized spacial score (nSPS) is 40.4. The molecule has 2 rings (SSSR count). The molecule has 1 heterocycles. The van der Waals surface area contributed by atoms with E-state index in [1.807, 2.05) is 0 Å². The molecule has 0 radical (unpaired) electrons. The highest BCUT2D eigenvalue weighted by Gasteiger charge is 2.28. The lowest BCUT2D eigenvalue weighted by atomic mass is 9.83. The number of hydrogen-bond acceptors (Lipinski definition) is 2. The minimum atomic E-state index is 0.774. The molecule has 1 aliphatic carbocycles. The smallest absolute Gasteiger partial charge is 0.0104 e. The first-order valence-corrected chi connectivity index (χ1v) is 7.58. The van der Waals surface area contributed by atoms with Gasteiger partial charge in [0.25, 0.3) is 0 Å². The Hall–Kier alpha value is -0.0800. The summed E-state index contributed by atoms with van der Waals surface area (Å²) in [5.41, 5.74) is 0. The monoisotopic (exact) mass is 238 g/mol. The molecular formula is C15H30N2.